The molecule has 1 rings (SSSR count). The lowest BCUT2D eigenvalue weighted by atomic mass is 9.59. The zero-order valence-corrected chi connectivity index (χ0v) is 19.0. The van der Waals surface area contributed by atoms with E-state index in [2.05, 4.69) is 20.8 Å². The molecule has 0 aromatic rings. The number of methoxy groups -OCH3 is 3. The SMILES string of the molecule is C=C(C)C(=O)OCCC1(C(=O)O)C(C(=O)OC)=C(C(=O)OC)C(C(=O)OC)=C(C(=O)O)C1C(=O)O. The van der Waals surface area contributed by atoms with E-state index in [1.165, 1.54) is 6.92 Å². The molecule has 3 N–H and O–H groups in total. The molecule has 14 heteroatoms. The van der Waals surface area contributed by atoms with E-state index in [1.54, 1.807) is 0 Å². The zero-order chi connectivity index (χ0) is 27.2. The maximum absolute atomic E-state index is 12.8. The molecule has 0 aromatic carbocycles. The second kappa shape index (κ2) is 11.1. The standard InChI is InChI=1S/C21H22O14/c1-8(2)16(26)35-7-6-21(20(30)31)12(15(24)25)10(14(22)23)9(17(27)32-3)11(18(28)33-4)13(21)19(29)34-5/h12H,1,6-7H2,2-5H3,(H,22,23)(H,24,25)(H,30,31). The van der Waals surface area contributed by atoms with Crippen LogP contribution in [0.3, 0.4) is 0 Å². The fourth-order valence-corrected chi connectivity index (χ4v) is 3.62. The summed E-state index contributed by atoms with van der Waals surface area (Å²) in [7, 11) is 2.31. The number of carbonyl (C=O) groups excluding carboxylic acids is 4. The van der Waals surface area contributed by atoms with Crippen molar-refractivity contribution in [2.75, 3.05) is 27.9 Å². The molecule has 35 heavy (non-hydrogen) atoms. The highest BCUT2D eigenvalue weighted by atomic mass is 16.5. The lowest BCUT2D eigenvalue weighted by Gasteiger charge is -2.40. The molecule has 0 radical (unpaired) electrons. The topological polar surface area (TPSA) is 217 Å². The van der Waals surface area contributed by atoms with Crippen molar-refractivity contribution in [3.63, 3.8) is 0 Å². The Labute approximate surface area is 197 Å². The molecule has 0 heterocycles. The highest BCUT2D eigenvalue weighted by Crippen LogP contribution is 2.51. The van der Waals surface area contributed by atoms with Crippen molar-refractivity contribution in [2.24, 2.45) is 11.3 Å². The van der Waals surface area contributed by atoms with Crippen LogP contribution >= 0.6 is 0 Å². The summed E-state index contributed by atoms with van der Waals surface area (Å²) in [6.07, 6.45) is -1.03. The van der Waals surface area contributed by atoms with Crippen molar-refractivity contribution >= 4 is 41.8 Å². The van der Waals surface area contributed by atoms with Crippen molar-refractivity contribution < 1.29 is 67.8 Å². The van der Waals surface area contributed by atoms with E-state index in [0.29, 0.717) is 0 Å². The van der Waals surface area contributed by atoms with Crippen LogP contribution in [0.15, 0.2) is 34.4 Å². The highest BCUT2D eigenvalue weighted by molar-refractivity contribution is 6.20. The summed E-state index contributed by atoms with van der Waals surface area (Å²) >= 11 is 0. The molecule has 1 aliphatic rings. The second-order valence-corrected chi connectivity index (χ2v) is 7.03. The van der Waals surface area contributed by atoms with Gasteiger partial charge in [0.25, 0.3) is 0 Å². The number of esters is 4. The smallest absolute Gasteiger partial charge is 0.339 e. The van der Waals surface area contributed by atoms with Crippen LogP contribution in [0, 0.1) is 11.3 Å². The highest BCUT2D eigenvalue weighted by Gasteiger charge is 2.63. The van der Waals surface area contributed by atoms with Crippen molar-refractivity contribution in [3.05, 3.63) is 34.4 Å². The van der Waals surface area contributed by atoms with Crippen LogP contribution in [0.4, 0.5) is 0 Å². The Morgan fingerprint density at radius 1 is 0.857 bits per heavy atom. The Bertz CT molecular complexity index is 1080. The van der Waals surface area contributed by atoms with Crippen molar-refractivity contribution in [1.82, 2.24) is 0 Å². The fraction of sp³-hybridized carbons (Fsp3) is 0.381. The monoisotopic (exact) mass is 498 g/mol. The molecule has 190 valence electrons. The van der Waals surface area contributed by atoms with Gasteiger partial charge in [0.15, 0.2) is 0 Å². The van der Waals surface area contributed by atoms with Gasteiger partial charge in [-0.2, -0.15) is 0 Å². The quantitative estimate of drug-likeness (QED) is 0.196. The fourth-order valence-electron chi connectivity index (χ4n) is 3.62. The lowest BCUT2D eigenvalue weighted by molar-refractivity contribution is -0.164. The summed E-state index contributed by atoms with van der Waals surface area (Å²) in [5.41, 5.74) is -8.16. The maximum Gasteiger partial charge on any atom is 0.339 e. The van der Waals surface area contributed by atoms with Crippen LogP contribution in [-0.4, -0.2) is 85.0 Å². The van der Waals surface area contributed by atoms with Gasteiger partial charge in [0.2, 0.25) is 0 Å². The van der Waals surface area contributed by atoms with Gasteiger partial charge in [-0.1, -0.05) is 6.58 Å². The van der Waals surface area contributed by atoms with Crippen LogP contribution < -0.4 is 0 Å². The second-order valence-electron chi connectivity index (χ2n) is 7.03. The number of carboxylic acids is 3. The molecular weight excluding hydrogens is 476 g/mol. The minimum absolute atomic E-state index is 0.106. The average molecular weight is 498 g/mol. The van der Waals surface area contributed by atoms with Crippen molar-refractivity contribution in [2.45, 2.75) is 13.3 Å². The molecule has 0 fully saturated rings. The van der Waals surface area contributed by atoms with Gasteiger partial charge in [0.05, 0.1) is 50.2 Å². The first kappa shape index (κ1) is 28.5. The predicted molar refractivity (Wildman–Crippen MR) is 109 cm³/mol. The van der Waals surface area contributed by atoms with Crippen LogP contribution in [0.5, 0.6) is 0 Å². The molecule has 1 aliphatic carbocycles. The average Bonchev–Trinajstić information content (AvgIpc) is 2.80. The van der Waals surface area contributed by atoms with Gasteiger partial charge < -0.3 is 34.3 Å². The Kier molecular flexibility index (Phi) is 9.04. The molecular formula is C21H22O14. The van der Waals surface area contributed by atoms with Crippen LogP contribution in [-0.2, 0) is 52.5 Å². The molecule has 0 saturated heterocycles. The third-order valence-corrected chi connectivity index (χ3v) is 5.10. The van der Waals surface area contributed by atoms with Crippen LogP contribution in [0.1, 0.15) is 13.3 Å². The first-order valence-corrected chi connectivity index (χ1v) is 9.50. The Morgan fingerprint density at radius 2 is 1.34 bits per heavy atom. The Hall–Kier alpha value is -4.49. The molecule has 0 saturated carbocycles. The first-order chi connectivity index (χ1) is 16.2. The number of aliphatic carboxylic acids is 3. The van der Waals surface area contributed by atoms with E-state index in [-0.39, 0.29) is 5.57 Å². The van der Waals surface area contributed by atoms with Gasteiger partial charge in [-0.15, -0.1) is 0 Å². The van der Waals surface area contributed by atoms with Gasteiger partial charge in [-0.3, -0.25) is 9.59 Å². The summed E-state index contributed by atoms with van der Waals surface area (Å²) < 4.78 is 18.4. The number of carbonyl (C=O) groups is 7. The summed E-state index contributed by atoms with van der Waals surface area (Å²) in [6, 6.07) is 0. The Balaban J connectivity index is 4.31. The normalized spacial score (nSPS) is 19.4. The van der Waals surface area contributed by atoms with E-state index in [9.17, 15) is 48.9 Å². The number of ether oxygens (including phenoxy) is 4. The summed E-state index contributed by atoms with van der Waals surface area (Å²) in [5.74, 6) is -14.7. The molecule has 14 nitrogen and oxygen atoms in total. The number of hydrogen-bond acceptors (Lipinski definition) is 11. The minimum Gasteiger partial charge on any atom is -0.481 e. The number of carboxylic acid groups (broad SMARTS) is 3. The third kappa shape index (κ3) is 5.05. The zero-order valence-electron chi connectivity index (χ0n) is 19.0. The summed E-state index contributed by atoms with van der Waals surface area (Å²) in [5, 5.41) is 30.0. The maximum atomic E-state index is 12.8. The van der Waals surface area contributed by atoms with E-state index in [1.807, 2.05) is 0 Å². The summed E-state index contributed by atoms with van der Waals surface area (Å²) in [6.45, 7) is 3.73. The molecule has 0 aromatic heterocycles. The third-order valence-electron chi connectivity index (χ3n) is 5.10. The van der Waals surface area contributed by atoms with Gasteiger partial charge in [0, 0.05) is 12.0 Å². The van der Waals surface area contributed by atoms with Crippen molar-refractivity contribution in [1.29, 1.82) is 0 Å². The summed E-state index contributed by atoms with van der Waals surface area (Å²) in [4.78, 5) is 87.0. The molecule has 0 amide bonds. The Morgan fingerprint density at radius 3 is 1.71 bits per heavy atom. The van der Waals surface area contributed by atoms with E-state index in [4.69, 9.17) is 4.74 Å². The van der Waals surface area contributed by atoms with Gasteiger partial charge in [-0.05, 0) is 6.92 Å². The van der Waals surface area contributed by atoms with E-state index < -0.39 is 88.4 Å². The molecule has 2 unspecified atom stereocenters. The number of hydrogen-bond donors (Lipinski definition) is 3. The molecule has 0 aliphatic heterocycles. The molecule has 2 atom stereocenters. The van der Waals surface area contributed by atoms with Gasteiger partial charge in [0.1, 0.15) is 11.3 Å². The van der Waals surface area contributed by atoms with Gasteiger partial charge >= 0.3 is 41.8 Å². The van der Waals surface area contributed by atoms with E-state index >= 15 is 0 Å². The number of rotatable bonds is 10. The first-order valence-electron chi connectivity index (χ1n) is 9.50. The largest absolute Gasteiger partial charge is 0.481 e. The minimum atomic E-state index is -3.08. The molecule has 0 bridgehead atoms. The van der Waals surface area contributed by atoms with Gasteiger partial charge in [-0.25, -0.2) is 24.0 Å². The lowest BCUT2D eigenvalue weighted by Crippen LogP contribution is -2.53. The van der Waals surface area contributed by atoms with Crippen LogP contribution in [0.25, 0.3) is 0 Å². The van der Waals surface area contributed by atoms with Crippen molar-refractivity contribution in [3.8, 4) is 0 Å². The van der Waals surface area contributed by atoms with E-state index in [0.717, 1.165) is 21.3 Å². The van der Waals surface area contributed by atoms with Crippen LogP contribution in [0.2, 0.25) is 0 Å². The predicted octanol–water partition coefficient (Wildman–Crippen LogP) is -0.522. The molecule has 0 spiro atoms.